The summed E-state index contributed by atoms with van der Waals surface area (Å²) in [5, 5.41) is 12.2. The number of carboxylic acids is 1. The molecular weight excluding hydrogens is 282 g/mol. The third kappa shape index (κ3) is 2.56. The van der Waals surface area contributed by atoms with Crippen LogP contribution in [-0.4, -0.2) is 22.7 Å². The van der Waals surface area contributed by atoms with Gasteiger partial charge in [0.1, 0.15) is 12.1 Å². The zero-order valence-corrected chi connectivity index (χ0v) is 12.5. The lowest BCUT2D eigenvalue weighted by Crippen LogP contribution is -2.48. The Morgan fingerprint density at radius 1 is 1.14 bits per heavy atom. The Labute approximate surface area is 129 Å². The Kier molecular flexibility index (Phi) is 3.81. The summed E-state index contributed by atoms with van der Waals surface area (Å²) < 4.78 is 5.17. The lowest BCUT2D eigenvalue weighted by atomic mass is 9.82. The molecule has 5 nitrogen and oxygen atoms in total. The fourth-order valence-corrected chi connectivity index (χ4v) is 3.76. The van der Waals surface area contributed by atoms with Crippen molar-refractivity contribution in [2.45, 2.75) is 50.7 Å². The van der Waals surface area contributed by atoms with Gasteiger partial charge >= 0.3 is 12.1 Å². The highest BCUT2D eigenvalue weighted by atomic mass is 16.5. The molecule has 1 unspecified atom stereocenters. The van der Waals surface area contributed by atoms with Crippen LogP contribution in [0.25, 0.3) is 0 Å². The van der Waals surface area contributed by atoms with Crippen LogP contribution in [0.3, 0.4) is 0 Å². The number of nitrogens with one attached hydrogen (secondary N) is 1. The van der Waals surface area contributed by atoms with Crippen LogP contribution < -0.4 is 5.32 Å². The summed E-state index contributed by atoms with van der Waals surface area (Å²) in [6.45, 7) is 0.148. The summed E-state index contributed by atoms with van der Waals surface area (Å²) in [6, 6.07) is 9.35. The second-order valence-electron chi connectivity index (χ2n) is 6.41. The minimum atomic E-state index is -1.12. The molecular formula is C17H21NO4. The molecule has 0 aliphatic heterocycles. The van der Waals surface area contributed by atoms with E-state index in [4.69, 9.17) is 4.74 Å². The molecule has 2 fully saturated rings. The number of benzene rings is 1. The van der Waals surface area contributed by atoms with Crippen LogP contribution in [0.1, 0.15) is 44.1 Å². The molecule has 2 saturated carbocycles. The van der Waals surface area contributed by atoms with Gasteiger partial charge in [0.2, 0.25) is 0 Å². The quantitative estimate of drug-likeness (QED) is 0.896. The van der Waals surface area contributed by atoms with E-state index in [1.807, 2.05) is 30.3 Å². The number of amides is 1. The molecule has 1 atom stereocenters. The van der Waals surface area contributed by atoms with E-state index in [0.29, 0.717) is 6.42 Å². The summed E-state index contributed by atoms with van der Waals surface area (Å²) in [6.07, 6.45) is 4.85. The topological polar surface area (TPSA) is 75.6 Å². The first-order valence-corrected chi connectivity index (χ1v) is 7.80. The molecule has 3 rings (SSSR count). The summed E-state index contributed by atoms with van der Waals surface area (Å²) in [7, 11) is 0. The van der Waals surface area contributed by atoms with Gasteiger partial charge in [0.25, 0.3) is 0 Å². The molecule has 1 spiro atoms. The van der Waals surface area contributed by atoms with Gasteiger partial charge in [0.15, 0.2) is 0 Å². The van der Waals surface area contributed by atoms with Gasteiger partial charge in [0, 0.05) is 5.41 Å². The second kappa shape index (κ2) is 5.63. The largest absolute Gasteiger partial charge is 0.479 e. The maximum Gasteiger partial charge on any atom is 0.408 e. The Bertz CT molecular complexity index is 565. The van der Waals surface area contributed by atoms with E-state index >= 15 is 0 Å². The van der Waals surface area contributed by atoms with Crippen molar-refractivity contribution in [1.29, 1.82) is 0 Å². The van der Waals surface area contributed by atoms with Crippen LogP contribution in [0.5, 0.6) is 0 Å². The highest BCUT2D eigenvalue weighted by Gasteiger charge is 2.72. The standard InChI is InChI=1S/C17H21NO4/c19-14(20)17(12-16(17)9-5-2-6-10-16)18-15(21)22-11-13-7-3-1-4-8-13/h1,3-4,7-8H,2,5-6,9-12H2,(H,18,21)(H,19,20). The first-order chi connectivity index (χ1) is 10.6. The Hall–Kier alpha value is -2.04. The first kappa shape index (κ1) is 14.9. The molecule has 0 radical (unpaired) electrons. The van der Waals surface area contributed by atoms with E-state index in [0.717, 1.165) is 37.7 Å². The number of alkyl carbamates (subject to hydrolysis) is 1. The summed E-state index contributed by atoms with van der Waals surface area (Å²) in [5.74, 6) is -0.939. The molecule has 1 aromatic carbocycles. The smallest absolute Gasteiger partial charge is 0.408 e. The average Bonchev–Trinajstić information content (AvgIpc) is 3.14. The minimum absolute atomic E-state index is 0.148. The minimum Gasteiger partial charge on any atom is -0.479 e. The number of ether oxygens (including phenoxy) is 1. The summed E-state index contributed by atoms with van der Waals surface area (Å²) in [4.78, 5) is 23.7. The van der Waals surface area contributed by atoms with E-state index in [1.165, 1.54) is 0 Å². The maximum absolute atomic E-state index is 12.0. The third-order valence-electron chi connectivity index (χ3n) is 5.09. The van der Waals surface area contributed by atoms with Crippen LogP contribution in [-0.2, 0) is 16.1 Å². The van der Waals surface area contributed by atoms with Crippen molar-refractivity contribution in [3.63, 3.8) is 0 Å². The summed E-state index contributed by atoms with van der Waals surface area (Å²) >= 11 is 0. The van der Waals surface area contributed by atoms with Gasteiger partial charge in [-0.2, -0.15) is 0 Å². The average molecular weight is 303 g/mol. The van der Waals surface area contributed by atoms with Crippen LogP contribution in [0.2, 0.25) is 0 Å². The maximum atomic E-state index is 12.0. The molecule has 2 N–H and O–H groups in total. The van der Waals surface area contributed by atoms with E-state index in [2.05, 4.69) is 5.32 Å². The number of carbonyl (C=O) groups is 2. The van der Waals surface area contributed by atoms with Gasteiger partial charge in [-0.1, -0.05) is 49.6 Å². The molecule has 0 aromatic heterocycles. The van der Waals surface area contributed by atoms with Crippen molar-refractivity contribution in [2.24, 2.45) is 5.41 Å². The number of rotatable bonds is 4. The van der Waals surface area contributed by atoms with Crippen molar-refractivity contribution in [3.8, 4) is 0 Å². The Morgan fingerprint density at radius 2 is 1.82 bits per heavy atom. The highest BCUT2D eigenvalue weighted by Crippen LogP contribution is 2.64. The highest BCUT2D eigenvalue weighted by molar-refractivity contribution is 5.89. The van der Waals surface area contributed by atoms with E-state index in [-0.39, 0.29) is 12.0 Å². The zero-order chi connectivity index (χ0) is 15.6. The van der Waals surface area contributed by atoms with Gasteiger partial charge in [-0.05, 0) is 24.8 Å². The van der Waals surface area contributed by atoms with Crippen LogP contribution in [0.15, 0.2) is 30.3 Å². The van der Waals surface area contributed by atoms with Gasteiger partial charge in [-0.15, -0.1) is 0 Å². The lowest BCUT2D eigenvalue weighted by molar-refractivity contribution is -0.142. The monoisotopic (exact) mass is 303 g/mol. The second-order valence-corrected chi connectivity index (χ2v) is 6.41. The predicted molar refractivity (Wildman–Crippen MR) is 80.3 cm³/mol. The zero-order valence-electron chi connectivity index (χ0n) is 12.5. The number of hydrogen-bond donors (Lipinski definition) is 2. The summed E-state index contributed by atoms with van der Waals surface area (Å²) in [5.41, 5.74) is -0.505. The normalized spacial score (nSPS) is 25.5. The van der Waals surface area contributed by atoms with Gasteiger partial charge in [0.05, 0.1) is 0 Å². The van der Waals surface area contributed by atoms with Crippen molar-refractivity contribution in [1.82, 2.24) is 5.32 Å². The fraction of sp³-hybridized carbons (Fsp3) is 0.529. The molecule has 2 aliphatic carbocycles. The fourth-order valence-electron chi connectivity index (χ4n) is 3.76. The lowest BCUT2D eigenvalue weighted by Gasteiger charge is -2.27. The van der Waals surface area contributed by atoms with E-state index in [1.54, 1.807) is 0 Å². The van der Waals surface area contributed by atoms with Crippen molar-refractivity contribution in [2.75, 3.05) is 0 Å². The SMILES string of the molecule is O=C(NC1(C(=O)O)CC12CCCCC2)OCc1ccccc1. The van der Waals surface area contributed by atoms with Crippen LogP contribution >= 0.6 is 0 Å². The van der Waals surface area contributed by atoms with Gasteiger partial charge < -0.3 is 15.2 Å². The predicted octanol–water partition coefficient (Wildman–Crippen LogP) is 3.09. The molecule has 1 amide bonds. The molecule has 2 aliphatic rings. The third-order valence-corrected chi connectivity index (χ3v) is 5.09. The van der Waals surface area contributed by atoms with Gasteiger partial charge in [-0.3, -0.25) is 0 Å². The molecule has 0 bridgehead atoms. The Balaban J connectivity index is 1.60. The molecule has 1 aromatic rings. The van der Waals surface area contributed by atoms with E-state index in [9.17, 15) is 14.7 Å². The van der Waals surface area contributed by atoms with Gasteiger partial charge in [-0.25, -0.2) is 9.59 Å². The van der Waals surface area contributed by atoms with Crippen molar-refractivity contribution >= 4 is 12.1 Å². The molecule has 0 saturated heterocycles. The number of carboxylic acid groups (broad SMARTS) is 1. The molecule has 118 valence electrons. The molecule has 5 heteroatoms. The Morgan fingerprint density at radius 3 is 2.45 bits per heavy atom. The van der Waals surface area contributed by atoms with Crippen molar-refractivity contribution in [3.05, 3.63) is 35.9 Å². The van der Waals surface area contributed by atoms with Crippen LogP contribution in [0, 0.1) is 5.41 Å². The number of carbonyl (C=O) groups excluding carboxylic acids is 1. The number of aliphatic carboxylic acids is 1. The van der Waals surface area contributed by atoms with Crippen LogP contribution in [0.4, 0.5) is 4.79 Å². The van der Waals surface area contributed by atoms with Crippen molar-refractivity contribution < 1.29 is 19.4 Å². The van der Waals surface area contributed by atoms with E-state index < -0.39 is 17.6 Å². The molecule has 0 heterocycles. The molecule has 22 heavy (non-hydrogen) atoms. The number of hydrogen-bond acceptors (Lipinski definition) is 3. The first-order valence-electron chi connectivity index (χ1n) is 7.80.